The number of hydrogen-bond acceptors (Lipinski definition) is 3. The molecule has 3 rings (SSSR count). The maximum absolute atomic E-state index is 5.92. The predicted octanol–water partition coefficient (Wildman–Crippen LogP) is 3.86. The van der Waals surface area contributed by atoms with Gasteiger partial charge in [-0.25, -0.2) is 9.50 Å². The molecular formula is C15H14ClN3S. The van der Waals surface area contributed by atoms with Crippen LogP contribution in [0.25, 0.3) is 5.65 Å². The monoisotopic (exact) mass is 303 g/mol. The number of halogens is 1. The maximum Gasteiger partial charge on any atom is 0.153 e. The Hall–Kier alpha value is -1.52. The van der Waals surface area contributed by atoms with Crippen LogP contribution >= 0.6 is 23.4 Å². The van der Waals surface area contributed by atoms with E-state index in [1.807, 2.05) is 34.6 Å². The predicted molar refractivity (Wildman–Crippen MR) is 84.3 cm³/mol. The number of thioether (sulfide) groups is 1. The molecule has 0 N–H and O–H groups in total. The third-order valence-electron chi connectivity index (χ3n) is 3.03. The fourth-order valence-corrected chi connectivity index (χ4v) is 3.08. The van der Waals surface area contributed by atoms with E-state index in [1.165, 1.54) is 5.56 Å². The molecule has 0 saturated heterocycles. The molecule has 2 heterocycles. The third-order valence-corrected chi connectivity index (χ3v) is 4.22. The van der Waals surface area contributed by atoms with Crippen molar-refractivity contribution < 1.29 is 0 Å². The van der Waals surface area contributed by atoms with Crippen LogP contribution in [0.4, 0.5) is 0 Å². The summed E-state index contributed by atoms with van der Waals surface area (Å²) in [5, 5.41) is 4.77. The van der Waals surface area contributed by atoms with Crippen LogP contribution in [0.15, 0.2) is 48.7 Å². The standard InChI is InChI=1S/C15H14ClN3S/c16-14-6-7-15-17-10-13(19(15)18-14)11-20-9-8-12-4-2-1-3-5-12/h1-7,10H,8-9,11H2. The Balaban J connectivity index is 1.59. The van der Waals surface area contributed by atoms with E-state index in [4.69, 9.17) is 11.6 Å². The maximum atomic E-state index is 5.92. The number of rotatable bonds is 5. The van der Waals surface area contributed by atoms with Crippen LogP contribution in [0.1, 0.15) is 11.3 Å². The zero-order valence-electron chi connectivity index (χ0n) is 10.9. The first-order chi connectivity index (χ1) is 9.83. The van der Waals surface area contributed by atoms with E-state index in [9.17, 15) is 0 Å². The zero-order valence-corrected chi connectivity index (χ0v) is 12.4. The minimum absolute atomic E-state index is 0.492. The van der Waals surface area contributed by atoms with E-state index in [-0.39, 0.29) is 0 Å². The Morgan fingerprint density at radius 3 is 2.80 bits per heavy atom. The van der Waals surface area contributed by atoms with E-state index in [0.717, 1.165) is 29.3 Å². The van der Waals surface area contributed by atoms with Crippen LogP contribution in [0.3, 0.4) is 0 Å². The fraction of sp³-hybridized carbons (Fsp3) is 0.200. The molecule has 0 fully saturated rings. The van der Waals surface area contributed by atoms with Crippen LogP contribution in [0.5, 0.6) is 0 Å². The van der Waals surface area contributed by atoms with Gasteiger partial charge in [-0.15, -0.1) is 0 Å². The highest BCUT2D eigenvalue weighted by molar-refractivity contribution is 7.98. The second kappa shape index (κ2) is 6.29. The van der Waals surface area contributed by atoms with E-state index < -0.39 is 0 Å². The van der Waals surface area contributed by atoms with Crippen LogP contribution in [-0.2, 0) is 12.2 Å². The molecule has 1 aromatic carbocycles. The summed E-state index contributed by atoms with van der Waals surface area (Å²) in [5.41, 5.74) is 3.30. The Bertz CT molecular complexity index is 697. The largest absolute Gasteiger partial charge is 0.235 e. The molecule has 2 aromatic heterocycles. The second-order valence-corrected chi connectivity index (χ2v) is 5.96. The summed E-state index contributed by atoms with van der Waals surface area (Å²) in [7, 11) is 0. The van der Waals surface area contributed by atoms with Gasteiger partial charge in [0.1, 0.15) is 5.15 Å². The lowest BCUT2D eigenvalue weighted by atomic mass is 10.2. The SMILES string of the molecule is Clc1ccc2ncc(CSCCc3ccccc3)n2n1. The lowest BCUT2D eigenvalue weighted by molar-refractivity contribution is 0.893. The minimum Gasteiger partial charge on any atom is -0.235 e. The van der Waals surface area contributed by atoms with Crippen molar-refractivity contribution in [3.8, 4) is 0 Å². The summed E-state index contributed by atoms with van der Waals surface area (Å²) < 4.78 is 1.82. The molecule has 0 aliphatic heterocycles. The van der Waals surface area contributed by atoms with Gasteiger partial charge in [0.15, 0.2) is 5.65 Å². The Morgan fingerprint density at radius 1 is 1.10 bits per heavy atom. The molecule has 20 heavy (non-hydrogen) atoms. The summed E-state index contributed by atoms with van der Waals surface area (Å²) in [6.45, 7) is 0. The number of aromatic nitrogens is 3. The molecule has 0 aliphatic carbocycles. The van der Waals surface area contributed by atoms with Crippen LogP contribution in [0, 0.1) is 0 Å². The van der Waals surface area contributed by atoms with Crippen LogP contribution in [0.2, 0.25) is 5.15 Å². The molecule has 102 valence electrons. The number of aryl methyl sites for hydroxylation is 1. The first kappa shape index (κ1) is 13.5. The molecule has 0 amide bonds. The quantitative estimate of drug-likeness (QED) is 0.671. The molecule has 0 atom stereocenters. The fourth-order valence-electron chi connectivity index (χ4n) is 2.01. The van der Waals surface area contributed by atoms with Crippen molar-refractivity contribution in [1.82, 2.24) is 14.6 Å². The lowest BCUT2D eigenvalue weighted by Gasteiger charge is -2.02. The van der Waals surface area contributed by atoms with Gasteiger partial charge >= 0.3 is 0 Å². The van der Waals surface area contributed by atoms with Gasteiger partial charge < -0.3 is 0 Å². The Kier molecular flexibility index (Phi) is 4.23. The third kappa shape index (κ3) is 3.14. The van der Waals surface area contributed by atoms with Gasteiger partial charge in [-0.05, 0) is 29.9 Å². The lowest BCUT2D eigenvalue weighted by Crippen LogP contribution is -1.97. The van der Waals surface area contributed by atoms with Gasteiger partial charge in [-0.3, -0.25) is 0 Å². The first-order valence-corrected chi connectivity index (χ1v) is 7.97. The summed E-state index contributed by atoms with van der Waals surface area (Å²) in [6, 6.07) is 14.2. The van der Waals surface area contributed by atoms with Crippen molar-refractivity contribution >= 4 is 29.0 Å². The first-order valence-electron chi connectivity index (χ1n) is 6.44. The summed E-state index contributed by atoms with van der Waals surface area (Å²) in [4.78, 5) is 4.33. The topological polar surface area (TPSA) is 30.2 Å². The van der Waals surface area contributed by atoms with Crippen LogP contribution < -0.4 is 0 Å². The second-order valence-electron chi connectivity index (χ2n) is 4.46. The van der Waals surface area contributed by atoms with E-state index in [0.29, 0.717) is 5.15 Å². The van der Waals surface area contributed by atoms with E-state index >= 15 is 0 Å². The van der Waals surface area contributed by atoms with Gasteiger partial charge in [0.25, 0.3) is 0 Å². The van der Waals surface area contributed by atoms with Crippen molar-refractivity contribution in [2.24, 2.45) is 0 Å². The number of hydrogen-bond donors (Lipinski definition) is 0. The molecular weight excluding hydrogens is 290 g/mol. The Morgan fingerprint density at radius 2 is 1.95 bits per heavy atom. The van der Waals surface area contributed by atoms with E-state index in [2.05, 4.69) is 34.3 Å². The van der Waals surface area contributed by atoms with Crippen LogP contribution in [-0.4, -0.2) is 20.4 Å². The molecule has 0 unspecified atom stereocenters. The average molecular weight is 304 g/mol. The number of imidazole rings is 1. The Labute approximate surface area is 127 Å². The van der Waals surface area contributed by atoms with Crippen molar-refractivity contribution in [3.05, 3.63) is 65.1 Å². The van der Waals surface area contributed by atoms with Crippen molar-refractivity contribution in [2.75, 3.05) is 5.75 Å². The molecule has 0 aliphatic rings. The molecule has 3 aromatic rings. The molecule has 0 bridgehead atoms. The highest BCUT2D eigenvalue weighted by atomic mass is 35.5. The van der Waals surface area contributed by atoms with Gasteiger partial charge in [-0.2, -0.15) is 16.9 Å². The van der Waals surface area contributed by atoms with Crippen molar-refractivity contribution in [3.63, 3.8) is 0 Å². The number of fused-ring (bicyclic) bond motifs is 1. The number of benzene rings is 1. The number of nitrogens with zero attached hydrogens (tertiary/aromatic N) is 3. The van der Waals surface area contributed by atoms with Gasteiger partial charge in [-0.1, -0.05) is 41.9 Å². The van der Waals surface area contributed by atoms with Gasteiger partial charge in [0, 0.05) is 5.75 Å². The van der Waals surface area contributed by atoms with Crippen molar-refractivity contribution in [2.45, 2.75) is 12.2 Å². The molecule has 0 spiro atoms. The molecule has 5 heteroatoms. The van der Waals surface area contributed by atoms with Gasteiger partial charge in [0.2, 0.25) is 0 Å². The smallest absolute Gasteiger partial charge is 0.153 e. The minimum atomic E-state index is 0.492. The van der Waals surface area contributed by atoms with Crippen molar-refractivity contribution in [1.29, 1.82) is 0 Å². The average Bonchev–Trinajstić information content (AvgIpc) is 2.87. The normalized spacial score (nSPS) is 11.1. The zero-order chi connectivity index (χ0) is 13.8. The molecule has 3 nitrogen and oxygen atoms in total. The molecule has 0 radical (unpaired) electrons. The summed E-state index contributed by atoms with van der Waals surface area (Å²) in [6.07, 6.45) is 2.95. The highest BCUT2D eigenvalue weighted by Crippen LogP contribution is 2.16. The van der Waals surface area contributed by atoms with Gasteiger partial charge in [0.05, 0.1) is 11.9 Å². The highest BCUT2D eigenvalue weighted by Gasteiger charge is 2.05. The van der Waals surface area contributed by atoms with E-state index in [1.54, 1.807) is 6.07 Å². The summed E-state index contributed by atoms with van der Waals surface area (Å²) >= 11 is 7.80. The molecule has 0 saturated carbocycles. The summed E-state index contributed by atoms with van der Waals surface area (Å²) in [5.74, 6) is 1.97.